The van der Waals surface area contributed by atoms with Crippen LogP contribution in [0.2, 0.25) is 0 Å². The maximum absolute atomic E-state index is 5.25. The summed E-state index contributed by atoms with van der Waals surface area (Å²) in [4.78, 5) is 3.20. The van der Waals surface area contributed by atoms with Crippen LogP contribution in [0.25, 0.3) is 10.9 Å². The van der Waals surface area contributed by atoms with Crippen LogP contribution in [-0.4, -0.2) is 36.1 Å². The molecular weight excluding hydrogens is 284 g/mol. The highest BCUT2D eigenvalue weighted by Crippen LogP contribution is 2.15. The van der Waals surface area contributed by atoms with Crippen LogP contribution in [0.3, 0.4) is 0 Å². The number of hydrogen-bond acceptors (Lipinski definition) is 3. The minimum absolute atomic E-state index is 0.516. The molecule has 0 radical (unpaired) electrons. The Hall–Kier alpha value is -1.92. The summed E-state index contributed by atoms with van der Waals surface area (Å²) in [6.07, 6.45) is 4.60. The normalized spacial score (nSPS) is 11.1. The number of benzene rings is 1. The maximum Gasteiger partial charge on any atom is 0.186 e. The number of fused-ring (bicyclic) bond motifs is 1. The van der Waals surface area contributed by atoms with Crippen molar-refractivity contribution < 1.29 is 4.74 Å². The SMILES string of the molecule is CCOCCCNC(=S)N/N=C/c1c[nH]c2ccccc12. The summed E-state index contributed by atoms with van der Waals surface area (Å²) < 4.78 is 5.25. The monoisotopic (exact) mass is 304 g/mol. The van der Waals surface area contributed by atoms with Crippen LogP contribution in [0.15, 0.2) is 35.6 Å². The predicted molar refractivity (Wildman–Crippen MR) is 90.7 cm³/mol. The first-order valence-electron chi connectivity index (χ1n) is 7.02. The van der Waals surface area contributed by atoms with Gasteiger partial charge in [-0.15, -0.1) is 0 Å². The summed E-state index contributed by atoms with van der Waals surface area (Å²) >= 11 is 5.14. The lowest BCUT2D eigenvalue weighted by Crippen LogP contribution is -2.33. The van der Waals surface area contributed by atoms with Gasteiger partial charge in [0.1, 0.15) is 0 Å². The Morgan fingerprint density at radius 3 is 3.14 bits per heavy atom. The highest BCUT2D eigenvalue weighted by atomic mass is 32.1. The second kappa shape index (κ2) is 8.39. The topological polar surface area (TPSA) is 61.4 Å². The largest absolute Gasteiger partial charge is 0.382 e. The summed E-state index contributed by atoms with van der Waals surface area (Å²) in [6, 6.07) is 8.09. The zero-order valence-electron chi connectivity index (χ0n) is 12.1. The molecule has 1 heterocycles. The average Bonchev–Trinajstić information content (AvgIpc) is 2.91. The third-order valence-electron chi connectivity index (χ3n) is 2.95. The number of ether oxygens (including phenoxy) is 1. The molecule has 112 valence electrons. The van der Waals surface area contributed by atoms with Gasteiger partial charge >= 0.3 is 0 Å². The predicted octanol–water partition coefficient (Wildman–Crippen LogP) is 2.39. The van der Waals surface area contributed by atoms with E-state index in [-0.39, 0.29) is 0 Å². The van der Waals surface area contributed by atoms with E-state index >= 15 is 0 Å². The Kier molecular flexibility index (Phi) is 6.18. The molecule has 21 heavy (non-hydrogen) atoms. The summed E-state index contributed by atoms with van der Waals surface area (Å²) in [6.45, 7) is 4.25. The van der Waals surface area contributed by atoms with Crippen molar-refractivity contribution in [3.8, 4) is 0 Å². The molecule has 0 spiro atoms. The van der Waals surface area contributed by atoms with E-state index < -0.39 is 0 Å². The molecule has 0 bridgehead atoms. The van der Waals surface area contributed by atoms with Crippen LogP contribution in [0.4, 0.5) is 0 Å². The van der Waals surface area contributed by atoms with Crippen LogP contribution in [0.5, 0.6) is 0 Å². The number of thiocarbonyl (C=S) groups is 1. The Morgan fingerprint density at radius 1 is 1.43 bits per heavy atom. The van der Waals surface area contributed by atoms with Gasteiger partial charge in [0, 0.05) is 42.4 Å². The number of hydrogen-bond donors (Lipinski definition) is 3. The minimum atomic E-state index is 0.516. The van der Waals surface area contributed by atoms with Crippen LogP contribution in [0.1, 0.15) is 18.9 Å². The van der Waals surface area contributed by atoms with Gasteiger partial charge in [-0.3, -0.25) is 5.43 Å². The van der Waals surface area contributed by atoms with Crippen molar-refractivity contribution in [3.05, 3.63) is 36.0 Å². The first-order chi connectivity index (χ1) is 10.3. The molecule has 3 N–H and O–H groups in total. The number of hydrazone groups is 1. The molecule has 0 saturated heterocycles. The molecule has 0 saturated carbocycles. The molecule has 0 unspecified atom stereocenters. The van der Waals surface area contributed by atoms with E-state index in [1.165, 1.54) is 0 Å². The van der Waals surface area contributed by atoms with Crippen molar-refractivity contribution in [1.82, 2.24) is 15.7 Å². The van der Waals surface area contributed by atoms with E-state index in [1.807, 2.05) is 31.3 Å². The smallest absolute Gasteiger partial charge is 0.186 e. The molecule has 1 aromatic heterocycles. The van der Waals surface area contributed by atoms with Crippen molar-refractivity contribution in [3.63, 3.8) is 0 Å². The van der Waals surface area contributed by atoms with Gasteiger partial charge in [0.05, 0.1) is 6.21 Å². The summed E-state index contributed by atoms with van der Waals surface area (Å²) in [7, 11) is 0. The molecule has 0 fully saturated rings. The third kappa shape index (κ3) is 4.84. The van der Waals surface area contributed by atoms with Crippen LogP contribution in [0, 0.1) is 0 Å². The number of aromatic amines is 1. The van der Waals surface area contributed by atoms with Gasteiger partial charge in [0.25, 0.3) is 0 Å². The maximum atomic E-state index is 5.25. The molecule has 1 aromatic carbocycles. The number of nitrogens with zero attached hydrogens (tertiary/aromatic N) is 1. The fraction of sp³-hybridized carbons (Fsp3) is 0.333. The zero-order chi connectivity index (χ0) is 14.9. The molecule has 0 amide bonds. The fourth-order valence-corrected chi connectivity index (χ4v) is 2.08. The third-order valence-corrected chi connectivity index (χ3v) is 3.18. The van der Waals surface area contributed by atoms with Crippen molar-refractivity contribution >= 4 is 34.4 Å². The molecule has 0 aliphatic carbocycles. The van der Waals surface area contributed by atoms with Gasteiger partial charge in [-0.1, -0.05) is 18.2 Å². The van der Waals surface area contributed by atoms with Gasteiger partial charge in [-0.05, 0) is 31.6 Å². The molecule has 2 rings (SSSR count). The van der Waals surface area contributed by atoms with Gasteiger partial charge < -0.3 is 15.0 Å². The summed E-state index contributed by atoms with van der Waals surface area (Å²) in [5.41, 5.74) is 4.93. The van der Waals surface area contributed by atoms with Crippen molar-refractivity contribution in [2.24, 2.45) is 5.10 Å². The van der Waals surface area contributed by atoms with E-state index in [1.54, 1.807) is 6.21 Å². The lowest BCUT2D eigenvalue weighted by atomic mass is 10.2. The second-order valence-electron chi connectivity index (χ2n) is 4.47. The van der Waals surface area contributed by atoms with Crippen molar-refractivity contribution in [1.29, 1.82) is 0 Å². The standard InChI is InChI=1S/C15H20N4OS/c1-2-20-9-5-8-16-15(21)19-18-11-12-10-17-14-7-4-3-6-13(12)14/h3-4,6-7,10-11,17H,2,5,8-9H2,1H3,(H2,16,19,21)/b18-11+. The van der Waals surface area contributed by atoms with E-state index in [4.69, 9.17) is 17.0 Å². The minimum Gasteiger partial charge on any atom is -0.382 e. The lowest BCUT2D eigenvalue weighted by molar-refractivity contribution is 0.145. The molecule has 0 atom stereocenters. The summed E-state index contributed by atoms with van der Waals surface area (Å²) in [5, 5.41) is 8.88. The quantitative estimate of drug-likeness (QED) is 0.318. The van der Waals surface area contributed by atoms with E-state index in [0.29, 0.717) is 5.11 Å². The molecule has 6 heteroatoms. The summed E-state index contributed by atoms with van der Waals surface area (Å²) in [5.74, 6) is 0. The number of para-hydroxylation sites is 1. The molecule has 2 aromatic rings. The molecule has 0 aliphatic heterocycles. The van der Waals surface area contributed by atoms with E-state index in [9.17, 15) is 0 Å². The van der Waals surface area contributed by atoms with Crippen molar-refractivity contribution in [2.45, 2.75) is 13.3 Å². The van der Waals surface area contributed by atoms with Crippen LogP contribution < -0.4 is 10.7 Å². The molecule has 0 aliphatic rings. The van der Waals surface area contributed by atoms with Gasteiger partial charge in [-0.2, -0.15) is 5.10 Å². The Labute approximate surface area is 129 Å². The Bertz CT molecular complexity index is 608. The first-order valence-corrected chi connectivity index (χ1v) is 7.43. The number of nitrogens with one attached hydrogen (secondary N) is 3. The number of rotatable bonds is 7. The van der Waals surface area contributed by atoms with Crippen LogP contribution >= 0.6 is 12.2 Å². The number of H-pyrrole nitrogens is 1. The number of aromatic nitrogens is 1. The lowest BCUT2D eigenvalue weighted by Gasteiger charge is -2.06. The second-order valence-corrected chi connectivity index (χ2v) is 4.87. The van der Waals surface area contributed by atoms with E-state index in [0.717, 1.165) is 42.6 Å². The Balaban J connectivity index is 1.76. The van der Waals surface area contributed by atoms with Crippen molar-refractivity contribution in [2.75, 3.05) is 19.8 Å². The zero-order valence-corrected chi connectivity index (χ0v) is 12.9. The molecule has 5 nitrogen and oxygen atoms in total. The highest BCUT2D eigenvalue weighted by molar-refractivity contribution is 7.80. The average molecular weight is 304 g/mol. The Morgan fingerprint density at radius 2 is 2.29 bits per heavy atom. The van der Waals surface area contributed by atoms with Gasteiger partial charge in [-0.25, -0.2) is 0 Å². The van der Waals surface area contributed by atoms with Crippen LogP contribution in [-0.2, 0) is 4.74 Å². The van der Waals surface area contributed by atoms with E-state index in [2.05, 4.69) is 26.9 Å². The fourth-order valence-electron chi connectivity index (χ4n) is 1.92. The molecular formula is C15H20N4OS. The first kappa shape index (κ1) is 15.5. The van der Waals surface area contributed by atoms with Gasteiger partial charge in [0.15, 0.2) is 5.11 Å². The van der Waals surface area contributed by atoms with Gasteiger partial charge in [0.2, 0.25) is 0 Å². The highest BCUT2D eigenvalue weighted by Gasteiger charge is 1.99.